The minimum Gasteiger partial charge on any atom is -0.371 e. The molecule has 0 atom stereocenters. The molecule has 30 heavy (non-hydrogen) atoms. The van der Waals surface area contributed by atoms with E-state index < -0.39 is 17.5 Å². The van der Waals surface area contributed by atoms with Crippen molar-refractivity contribution in [1.82, 2.24) is 10.6 Å². The quantitative estimate of drug-likeness (QED) is 0.756. The van der Waals surface area contributed by atoms with Gasteiger partial charge in [-0.3, -0.25) is 9.59 Å². The van der Waals surface area contributed by atoms with Crippen molar-refractivity contribution < 1.29 is 18.4 Å². The Morgan fingerprint density at radius 1 is 1.03 bits per heavy atom. The SMILES string of the molecule is CC(C)CNC(=O)c1ccccc1N1CCC(NC(=O)c2cc(F)cc(F)c2)CC1. The summed E-state index contributed by atoms with van der Waals surface area (Å²) in [5.41, 5.74) is 1.48. The van der Waals surface area contributed by atoms with E-state index in [1.807, 2.05) is 38.1 Å². The second kappa shape index (κ2) is 9.69. The van der Waals surface area contributed by atoms with E-state index in [0.29, 0.717) is 44.0 Å². The topological polar surface area (TPSA) is 61.4 Å². The van der Waals surface area contributed by atoms with Crippen molar-refractivity contribution in [2.45, 2.75) is 32.7 Å². The third kappa shape index (κ3) is 5.55. The zero-order chi connectivity index (χ0) is 21.7. The first kappa shape index (κ1) is 21.7. The summed E-state index contributed by atoms with van der Waals surface area (Å²) in [5, 5.41) is 5.81. The Balaban J connectivity index is 1.60. The number of hydrogen-bond acceptors (Lipinski definition) is 3. The molecule has 0 aliphatic carbocycles. The lowest BCUT2D eigenvalue weighted by Crippen LogP contribution is -2.45. The van der Waals surface area contributed by atoms with Crippen molar-refractivity contribution in [2.24, 2.45) is 5.92 Å². The lowest BCUT2D eigenvalue weighted by atomic mass is 10.0. The van der Waals surface area contributed by atoms with Gasteiger partial charge in [0.05, 0.1) is 5.56 Å². The molecule has 5 nitrogen and oxygen atoms in total. The van der Waals surface area contributed by atoms with Gasteiger partial charge in [-0.25, -0.2) is 8.78 Å². The summed E-state index contributed by atoms with van der Waals surface area (Å²) in [6.07, 6.45) is 1.34. The van der Waals surface area contributed by atoms with E-state index in [-0.39, 0.29) is 17.5 Å². The van der Waals surface area contributed by atoms with Gasteiger partial charge in [0.2, 0.25) is 0 Å². The number of nitrogens with zero attached hydrogens (tertiary/aromatic N) is 1. The van der Waals surface area contributed by atoms with Crippen LogP contribution in [0.25, 0.3) is 0 Å². The molecule has 0 bridgehead atoms. The predicted molar refractivity (Wildman–Crippen MR) is 113 cm³/mol. The molecule has 160 valence electrons. The van der Waals surface area contributed by atoms with Crippen LogP contribution in [0.1, 0.15) is 47.4 Å². The first-order valence-corrected chi connectivity index (χ1v) is 10.2. The molecule has 2 aromatic carbocycles. The van der Waals surface area contributed by atoms with E-state index in [0.717, 1.165) is 23.9 Å². The highest BCUT2D eigenvalue weighted by Crippen LogP contribution is 2.24. The molecule has 2 N–H and O–H groups in total. The summed E-state index contributed by atoms with van der Waals surface area (Å²) in [6, 6.07) is 10.2. The molecule has 2 aromatic rings. The molecule has 0 aromatic heterocycles. The normalized spacial score (nSPS) is 14.6. The Morgan fingerprint density at radius 2 is 1.67 bits per heavy atom. The van der Waals surface area contributed by atoms with Crippen LogP contribution in [-0.4, -0.2) is 37.5 Å². The highest BCUT2D eigenvalue weighted by molar-refractivity contribution is 5.99. The van der Waals surface area contributed by atoms with Gasteiger partial charge in [0.1, 0.15) is 11.6 Å². The van der Waals surface area contributed by atoms with Gasteiger partial charge >= 0.3 is 0 Å². The molecule has 1 aliphatic heterocycles. The molecule has 1 fully saturated rings. The van der Waals surface area contributed by atoms with E-state index in [1.54, 1.807) is 0 Å². The van der Waals surface area contributed by atoms with Gasteiger partial charge in [-0.15, -0.1) is 0 Å². The van der Waals surface area contributed by atoms with Crippen molar-refractivity contribution in [3.8, 4) is 0 Å². The second-order valence-corrected chi connectivity index (χ2v) is 8.01. The number of carbonyl (C=O) groups excluding carboxylic acids is 2. The maximum atomic E-state index is 13.3. The number of piperidine rings is 1. The number of carbonyl (C=O) groups is 2. The van der Waals surface area contributed by atoms with Crippen molar-refractivity contribution in [1.29, 1.82) is 0 Å². The van der Waals surface area contributed by atoms with Crippen LogP contribution in [0, 0.1) is 17.6 Å². The lowest BCUT2D eigenvalue weighted by Gasteiger charge is -2.35. The van der Waals surface area contributed by atoms with Crippen molar-refractivity contribution in [3.05, 3.63) is 65.2 Å². The maximum absolute atomic E-state index is 13.3. The van der Waals surface area contributed by atoms with E-state index in [2.05, 4.69) is 15.5 Å². The van der Waals surface area contributed by atoms with Crippen LogP contribution >= 0.6 is 0 Å². The van der Waals surface area contributed by atoms with Gasteiger partial charge in [-0.05, 0) is 43.0 Å². The lowest BCUT2D eigenvalue weighted by molar-refractivity contribution is 0.0928. The van der Waals surface area contributed by atoms with Crippen molar-refractivity contribution >= 4 is 17.5 Å². The molecule has 1 saturated heterocycles. The fourth-order valence-corrected chi connectivity index (χ4v) is 3.55. The van der Waals surface area contributed by atoms with Crippen LogP contribution in [0.4, 0.5) is 14.5 Å². The fourth-order valence-electron chi connectivity index (χ4n) is 3.55. The molecule has 1 aliphatic rings. The Bertz CT molecular complexity index is 889. The molecule has 0 radical (unpaired) electrons. The van der Waals surface area contributed by atoms with Gasteiger partial charge in [0.15, 0.2) is 0 Å². The number of halogens is 2. The standard InChI is InChI=1S/C23H27F2N3O2/c1-15(2)14-26-23(30)20-5-3-4-6-21(20)28-9-7-19(8-10-28)27-22(29)16-11-17(24)13-18(25)12-16/h3-6,11-13,15,19H,7-10,14H2,1-2H3,(H,26,30)(H,27,29). The summed E-state index contributed by atoms with van der Waals surface area (Å²) >= 11 is 0. The molecular weight excluding hydrogens is 388 g/mol. The minimum absolute atomic E-state index is 0.0258. The smallest absolute Gasteiger partial charge is 0.253 e. The highest BCUT2D eigenvalue weighted by atomic mass is 19.1. The molecule has 0 saturated carbocycles. The number of nitrogens with one attached hydrogen (secondary N) is 2. The number of rotatable bonds is 6. The van der Waals surface area contributed by atoms with Gasteiger partial charge in [0, 0.05) is 43.0 Å². The van der Waals surface area contributed by atoms with Gasteiger partial charge in [0.25, 0.3) is 11.8 Å². The molecule has 7 heteroatoms. The van der Waals surface area contributed by atoms with Crippen LogP contribution < -0.4 is 15.5 Å². The molecule has 0 unspecified atom stereocenters. The van der Waals surface area contributed by atoms with E-state index in [4.69, 9.17) is 0 Å². The molecular formula is C23H27F2N3O2. The number of anilines is 1. The first-order chi connectivity index (χ1) is 14.3. The van der Waals surface area contributed by atoms with Gasteiger partial charge in [-0.1, -0.05) is 26.0 Å². The fraction of sp³-hybridized carbons (Fsp3) is 0.391. The average molecular weight is 415 g/mol. The molecule has 2 amide bonds. The first-order valence-electron chi connectivity index (χ1n) is 10.2. The Labute approximate surface area is 175 Å². The summed E-state index contributed by atoms with van der Waals surface area (Å²) in [4.78, 5) is 27.0. The Kier molecular flexibility index (Phi) is 7.03. The van der Waals surface area contributed by atoms with E-state index >= 15 is 0 Å². The summed E-state index contributed by atoms with van der Waals surface area (Å²) in [6.45, 7) is 6.03. The largest absolute Gasteiger partial charge is 0.371 e. The molecule has 1 heterocycles. The van der Waals surface area contributed by atoms with Gasteiger partial charge < -0.3 is 15.5 Å². The van der Waals surface area contributed by atoms with Crippen LogP contribution in [-0.2, 0) is 0 Å². The van der Waals surface area contributed by atoms with E-state index in [1.165, 1.54) is 0 Å². The third-order valence-corrected chi connectivity index (χ3v) is 5.12. The Morgan fingerprint density at radius 3 is 2.30 bits per heavy atom. The summed E-state index contributed by atoms with van der Waals surface area (Å²) in [7, 11) is 0. The number of hydrogen-bond donors (Lipinski definition) is 2. The van der Waals surface area contributed by atoms with E-state index in [9.17, 15) is 18.4 Å². The molecule has 0 spiro atoms. The predicted octanol–water partition coefficient (Wildman–Crippen LogP) is 3.75. The van der Waals surface area contributed by atoms with Crippen LogP contribution in [0.15, 0.2) is 42.5 Å². The highest BCUT2D eigenvalue weighted by Gasteiger charge is 2.24. The summed E-state index contributed by atoms with van der Waals surface area (Å²) in [5.74, 6) is -1.76. The number of amides is 2. The van der Waals surface area contributed by atoms with Crippen molar-refractivity contribution in [2.75, 3.05) is 24.5 Å². The zero-order valence-corrected chi connectivity index (χ0v) is 17.3. The minimum atomic E-state index is -0.776. The monoisotopic (exact) mass is 415 g/mol. The maximum Gasteiger partial charge on any atom is 0.253 e. The number of para-hydroxylation sites is 1. The van der Waals surface area contributed by atoms with Crippen LogP contribution in [0.5, 0.6) is 0 Å². The Hall–Kier alpha value is -2.96. The zero-order valence-electron chi connectivity index (χ0n) is 17.3. The van der Waals surface area contributed by atoms with Crippen molar-refractivity contribution in [3.63, 3.8) is 0 Å². The average Bonchev–Trinajstić information content (AvgIpc) is 2.72. The number of benzene rings is 2. The van der Waals surface area contributed by atoms with Crippen LogP contribution in [0.3, 0.4) is 0 Å². The van der Waals surface area contributed by atoms with Crippen LogP contribution in [0.2, 0.25) is 0 Å². The summed E-state index contributed by atoms with van der Waals surface area (Å²) < 4.78 is 26.7. The molecule has 3 rings (SSSR count). The van der Waals surface area contributed by atoms with Gasteiger partial charge in [-0.2, -0.15) is 0 Å². The third-order valence-electron chi connectivity index (χ3n) is 5.12. The second-order valence-electron chi connectivity index (χ2n) is 8.01.